The van der Waals surface area contributed by atoms with Crippen molar-refractivity contribution in [2.75, 3.05) is 5.32 Å². The number of anilines is 1. The zero-order chi connectivity index (χ0) is 12.3. The Morgan fingerprint density at radius 2 is 1.88 bits per heavy atom. The van der Waals surface area contributed by atoms with Crippen molar-refractivity contribution in [1.82, 2.24) is 0 Å². The largest absolute Gasteiger partial charge is 0.327 e. The second kappa shape index (κ2) is 4.98. The smallest absolute Gasteiger partial charge is 0.225 e. The van der Waals surface area contributed by atoms with E-state index in [9.17, 15) is 18.0 Å². The maximum atomic E-state index is 13.1. The van der Waals surface area contributed by atoms with Crippen LogP contribution in [-0.4, -0.2) is 11.9 Å². The molecule has 1 atom stereocenters. The number of halogens is 3. The Hall–Kier alpha value is -1.56. The maximum Gasteiger partial charge on any atom is 0.225 e. The number of amides is 1. The molecule has 0 heterocycles. The van der Waals surface area contributed by atoms with Crippen molar-refractivity contribution in [3.63, 3.8) is 0 Å². The predicted molar refractivity (Wildman–Crippen MR) is 53.2 cm³/mol. The molecular formula is C10H11F3N2O. The minimum atomic E-state index is -1.30. The van der Waals surface area contributed by atoms with Gasteiger partial charge in [-0.15, -0.1) is 0 Å². The maximum absolute atomic E-state index is 13.1. The van der Waals surface area contributed by atoms with Gasteiger partial charge in [0.2, 0.25) is 5.91 Å². The Morgan fingerprint density at radius 1 is 1.31 bits per heavy atom. The van der Waals surface area contributed by atoms with Crippen LogP contribution >= 0.6 is 0 Å². The summed E-state index contributed by atoms with van der Waals surface area (Å²) < 4.78 is 38.4. The van der Waals surface area contributed by atoms with Gasteiger partial charge in [0.25, 0.3) is 0 Å². The summed E-state index contributed by atoms with van der Waals surface area (Å²) in [6.07, 6.45) is -0.0293. The van der Waals surface area contributed by atoms with Gasteiger partial charge in [0.15, 0.2) is 11.6 Å². The Balaban J connectivity index is 2.81. The second-order valence-electron chi connectivity index (χ2n) is 3.48. The van der Waals surface area contributed by atoms with Crippen molar-refractivity contribution in [3.05, 3.63) is 29.6 Å². The van der Waals surface area contributed by atoms with E-state index >= 15 is 0 Å². The minimum Gasteiger partial charge on any atom is -0.327 e. The highest BCUT2D eigenvalue weighted by Gasteiger charge is 2.12. The van der Waals surface area contributed by atoms with Gasteiger partial charge in [-0.3, -0.25) is 4.79 Å². The summed E-state index contributed by atoms with van der Waals surface area (Å²) in [6.45, 7) is 1.60. The molecule has 3 N–H and O–H groups in total. The van der Waals surface area contributed by atoms with E-state index in [0.29, 0.717) is 12.1 Å². The first kappa shape index (κ1) is 12.5. The number of nitrogens with two attached hydrogens (primary N) is 1. The zero-order valence-electron chi connectivity index (χ0n) is 8.56. The predicted octanol–water partition coefficient (Wildman–Crippen LogP) is 1.78. The molecule has 0 saturated carbocycles. The summed E-state index contributed by atoms with van der Waals surface area (Å²) in [6, 6.07) is 0.564. The molecule has 1 rings (SSSR count). The van der Waals surface area contributed by atoms with Gasteiger partial charge in [-0.1, -0.05) is 0 Å². The first-order chi connectivity index (χ1) is 7.40. The molecule has 0 bridgehead atoms. The molecular weight excluding hydrogens is 221 g/mol. The summed E-state index contributed by atoms with van der Waals surface area (Å²) in [5, 5.41) is 2.11. The van der Waals surface area contributed by atoms with Crippen molar-refractivity contribution in [2.45, 2.75) is 19.4 Å². The van der Waals surface area contributed by atoms with Crippen LogP contribution in [0.5, 0.6) is 0 Å². The van der Waals surface area contributed by atoms with Gasteiger partial charge >= 0.3 is 0 Å². The quantitative estimate of drug-likeness (QED) is 0.780. The molecule has 0 spiro atoms. The van der Waals surface area contributed by atoms with Crippen LogP contribution in [-0.2, 0) is 4.79 Å². The van der Waals surface area contributed by atoms with Crippen LogP contribution in [0.4, 0.5) is 18.9 Å². The normalized spacial score (nSPS) is 12.3. The molecule has 0 aliphatic carbocycles. The lowest BCUT2D eigenvalue weighted by Gasteiger charge is -2.08. The number of hydrogen-bond acceptors (Lipinski definition) is 2. The van der Waals surface area contributed by atoms with Gasteiger partial charge in [0, 0.05) is 24.6 Å². The molecule has 88 valence electrons. The molecule has 1 amide bonds. The van der Waals surface area contributed by atoms with Crippen molar-refractivity contribution in [2.24, 2.45) is 5.73 Å². The average molecular weight is 232 g/mol. The van der Waals surface area contributed by atoms with Crippen molar-refractivity contribution in [3.8, 4) is 0 Å². The van der Waals surface area contributed by atoms with Gasteiger partial charge in [0.05, 0.1) is 5.69 Å². The molecule has 0 fully saturated rings. The highest BCUT2D eigenvalue weighted by molar-refractivity contribution is 5.91. The van der Waals surface area contributed by atoms with E-state index in [4.69, 9.17) is 5.73 Å². The fourth-order valence-electron chi connectivity index (χ4n) is 1.11. The molecule has 16 heavy (non-hydrogen) atoms. The van der Waals surface area contributed by atoms with Crippen LogP contribution in [0.25, 0.3) is 0 Å². The van der Waals surface area contributed by atoms with Crippen molar-refractivity contribution < 1.29 is 18.0 Å². The standard InChI is InChI=1S/C10H11F3N2O/c1-5(14)2-10(16)15-9-4-7(12)6(11)3-8(9)13/h3-5H,2,14H2,1H3,(H,15,16). The van der Waals surface area contributed by atoms with Crippen LogP contribution in [0.15, 0.2) is 12.1 Å². The molecule has 1 unspecified atom stereocenters. The molecule has 1 aromatic carbocycles. The Labute approximate surface area is 90.4 Å². The highest BCUT2D eigenvalue weighted by atomic mass is 19.2. The summed E-state index contributed by atoms with van der Waals surface area (Å²) in [7, 11) is 0. The number of carbonyl (C=O) groups excluding carboxylic acids is 1. The fourth-order valence-corrected chi connectivity index (χ4v) is 1.11. The van der Waals surface area contributed by atoms with Gasteiger partial charge in [-0.2, -0.15) is 0 Å². The first-order valence-corrected chi connectivity index (χ1v) is 4.60. The molecule has 0 saturated heterocycles. The van der Waals surface area contributed by atoms with Gasteiger partial charge in [-0.05, 0) is 6.92 Å². The molecule has 3 nitrogen and oxygen atoms in total. The Morgan fingerprint density at radius 3 is 2.44 bits per heavy atom. The summed E-state index contributed by atoms with van der Waals surface area (Å²) in [5.74, 6) is -4.11. The third-order valence-electron chi connectivity index (χ3n) is 1.79. The van der Waals surface area contributed by atoms with Crippen LogP contribution in [0.3, 0.4) is 0 Å². The van der Waals surface area contributed by atoms with Crippen LogP contribution in [0.2, 0.25) is 0 Å². The molecule has 0 aromatic heterocycles. The highest BCUT2D eigenvalue weighted by Crippen LogP contribution is 2.18. The molecule has 0 radical (unpaired) electrons. The lowest BCUT2D eigenvalue weighted by molar-refractivity contribution is -0.116. The SMILES string of the molecule is CC(N)CC(=O)Nc1cc(F)c(F)cc1F. The van der Waals surface area contributed by atoms with Crippen LogP contribution in [0.1, 0.15) is 13.3 Å². The van der Waals surface area contributed by atoms with E-state index < -0.39 is 35.1 Å². The fraction of sp³-hybridized carbons (Fsp3) is 0.300. The van der Waals surface area contributed by atoms with Crippen molar-refractivity contribution >= 4 is 11.6 Å². The van der Waals surface area contributed by atoms with Crippen molar-refractivity contribution in [1.29, 1.82) is 0 Å². The first-order valence-electron chi connectivity index (χ1n) is 4.60. The van der Waals surface area contributed by atoms with E-state index in [0.717, 1.165) is 0 Å². The number of carbonyl (C=O) groups is 1. The summed E-state index contributed by atoms with van der Waals surface area (Å²) in [4.78, 5) is 11.2. The van der Waals surface area contributed by atoms with E-state index in [1.165, 1.54) is 0 Å². The lowest BCUT2D eigenvalue weighted by Crippen LogP contribution is -2.24. The molecule has 0 aliphatic heterocycles. The lowest BCUT2D eigenvalue weighted by atomic mass is 10.2. The van der Waals surface area contributed by atoms with Gasteiger partial charge in [0.1, 0.15) is 5.82 Å². The van der Waals surface area contributed by atoms with Crippen LogP contribution in [0, 0.1) is 17.5 Å². The van der Waals surface area contributed by atoms with E-state index in [2.05, 4.69) is 5.32 Å². The Bertz CT molecular complexity index is 407. The molecule has 6 heteroatoms. The minimum absolute atomic E-state index is 0.0293. The number of benzene rings is 1. The Kier molecular flexibility index (Phi) is 3.89. The van der Waals surface area contributed by atoms with E-state index in [1.54, 1.807) is 6.92 Å². The third kappa shape index (κ3) is 3.23. The number of rotatable bonds is 3. The topological polar surface area (TPSA) is 55.1 Å². The van der Waals surface area contributed by atoms with E-state index in [1.807, 2.05) is 0 Å². The molecule has 0 aliphatic rings. The van der Waals surface area contributed by atoms with Crippen LogP contribution < -0.4 is 11.1 Å². The summed E-state index contributed by atoms with van der Waals surface area (Å²) in [5.41, 5.74) is 4.95. The second-order valence-corrected chi connectivity index (χ2v) is 3.48. The zero-order valence-corrected chi connectivity index (χ0v) is 8.56. The van der Waals surface area contributed by atoms with Gasteiger partial charge < -0.3 is 11.1 Å². The third-order valence-corrected chi connectivity index (χ3v) is 1.79. The van der Waals surface area contributed by atoms with Gasteiger partial charge in [-0.25, -0.2) is 13.2 Å². The average Bonchev–Trinajstić information content (AvgIpc) is 2.12. The number of hydrogen-bond donors (Lipinski definition) is 2. The number of nitrogens with one attached hydrogen (secondary N) is 1. The monoisotopic (exact) mass is 232 g/mol. The molecule has 1 aromatic rings. The summed E-state index contributed by atoms with van der Waals surface area (Å²) >= 11 is 0. The van der Waals surface area contributed by atoms with E-state index in [-0.39, 0.29) is 6.42 Å².